The molecule has 0 bridgehead atoms. The number of aromatic nitrogens is 2. The lowest BCUT2D eigenvalue weighted by Gasteiger charge is -2.20. The molecular weight excluding hydrogens is 406 g/mol. The van der Waals surface area contributed by atoms with Crippen LogP contribution >= 0.6 is 0 Å². The van der Waals surface area contributed by atoms with E-state index in [9.17, 15) is 5.11 Å². The number of methoxy groups -OCH3 is 2. The molecule has 1 fully saturated rings. The Balaban J connectivity index is 1.61. The maximum atomic E-state index is 9.97. The van der Waals surface area contributed by atoms with Crippen LogP contribution in [0.4, 0.5) is 0 Å². The van der Waals surface area contributed by atoms with Gasteiger partial charge in [0, 0.05) is 42.7 Å². The third kappa shape index (κ3) is 4.89. The zero-order chi connectivity index (χ0) is 22.5. The molecule has 0 spiro atoms. The van der Waals surface area contributed by atoms with Gasteiger partial charge in [0.25, 0.3) is 0 Å². The third-order valence-electron chi connectivity index (χ3n) is 5.91. The number of para-hydroxylation sites is 1. The van der Waals surface area contributed by atoms with Gasteiger partial charge in [-0.2, -0.15) is 5.10 Å². The Morgan fingerprint density at radius 1 is 1.09 bits per heavy atom. The van der Waals surface area contributed by atoms with Crippen molar-refractivity contribution in [2.75, 3.05) is 33.9 Å². The monoisotopic (exact) mass is 437 g/mol. The summed E-state index contributed by atoms with van der Waals surface area (Å²) in [6.07, 6.45) is 2.34. The zero-order valence-electron chi connectivity index (χ0n) is 19.0. The zero-order valence-corrected chi connectivity index (χ0v) is 19.0. The van der Waals surface area contributed by atoms with E-state index in [0.29, 0.717) is 37.7 Å². The Morgan fingerprint density at radius 2 is 1.97 bits per heavy atom. The molecule has 2 heterocycles. The molecule has 1 saturated heterocycles. The fourth-order valence-electron chi connectivity index (χ4n) is 4.20. The highest BCUT2D eigenvalue weighted by Gasteiger charge is 2.22. The Kier molecular flexibility index (Phi) is 6.97. The highest BCUT2D eigenvalue weighted by Crippen LogP contribution is 2.39. The molecule has 2 aromatic carbocycles. The Hall–Kier alpha value is -3.03. The topological polar surface area (TPSA) is 69.0 Å². The van der Waals surface area contributed by atoms with E-state index in [1.54, 1.807) is 20.4 Å². The van der Waals surface area contributed by atoms with E-state index in [-0.39, 0.29) is 6.10 Å². The van der Waals surface area contributed by atoms with Crippen molar-refractivity contribution in [2.24, 2.45) is 0 Å². The maximum absolute atomic E-state index is 9.97. The van der Waals surface area contributed by atoms with Crippen molar-refractivity contribution in [1.29, 1.82) is 0 Å². The van der Waals surface area contributed by atoms with Gasteiger partial charge in [0.1, 0.15) is 12.4 Å². The van der Waals surface area contributed by atoms with Crippen LogP contribution in [0, 0.1) is 6.92 Å². The van der Waals surface area contributed by atoms with Gasteiger partial charge in [0.05, 0.1) is 26.9 Å². The maximum Gasteiger partial charge on any atom is 0.168 e. The largest absolute Gasteiger partial charge is 0.493 e. The summed E-state index contributed by atoms with van der Waals surface area (Å²) >= 11 is 0. The normalized spacial score (nSPS) is 16.3. The predicted octanol–water partition coefficient (Wildman–Crippen LogP) is 3.52. The van der Waals surface area contributed by atoms with Gasteiger partial charge in [-0.1, -0.05) is 18.2 Å². The lowest BCUT2D eigenvalue weighted by atomic mass is 10.0. The van der Waals surface area contributed by atoms with E-state index in [1.807, 2.05) is 48.0 Å². The van der Waals surface area contributed by atoms with Crippen molar-refractivity contribution in [3.8, 4) is 28.4 Å². The van der Waals surface area contributed by atoms with Crippen LogP contribution in [0.1, 0.15) is 17.7 Å². The van der Waals surface area contributed by atoms with Crippen LogP contribution in [0.2, 0.25) is 0 Å². The van der Waals surface area contributed by atoms with Crippen molar-refractivity contribution in [1.82, 2.24) is 14.7 Å². The first-order valence-corrected chi connectivity index (χ1v) is 10.9. The number of nitrogens with zero attached hydrogens (tertiary/aromatic N) is 3. The van der Waals surface area contributed by atoms with Crippen LogP contribution in [0.5, 0.6) is 17.2 Å². The second-order valence-electron chi connectivity index (χ2n) is 8.09. The van der Waals surface area contributed by atoms with Crippen molar-refractivity contribution >= 4 is 0 Å². The molecule has 1 aromatic heterocycles. The molecule has 1 aliphatic rings. The summed E-state index contributed by atoms with van der Waals surface area (Å²) in [5.41, 5.74) is 4.19. The van der Waals surface area contributed by atoms with Crippen LogP contribution in [-0.2, 0) is 13.1 Å². The molecule has 7 nitrogen and oxygen atoms in total. The summed E-state index contributed by atoms with van der Waals surface area (Å²) in [5, 5.41) is 14.3. The van der Waals surface area contributed by atoms with Gasteiger partial charge in [-0.05, 0) is 43.2 Å². The minimum atomic E-state index is -0.260. The first-order valence-electron chi connectivity index (χ1n) is 10.9. The number of aliphatic hydroxyl groups is 1. The summed E-state index contributed by atoms with van der Waals surface area (Å²) in [6.45, 7) is 5.52. The molecule has 4 rings (SSSR count). The third-order valence-corrected chi connectivity index (χ3v) is 5.91. The number of aliphatic hydroxyl groups excluding tert-OH is 1. The van der Waals surface area contributed by atoms with Gasteiger partial charge >= 0.3 is 0 Å². The van der Waals surface area contributed by atoms with Crippen LogP contribution < -0.4 is 14.2 Å². The van der Waals surface area contributed by atoms with E-state index in [1.165, 1.54) is 0 Å². The second kappa shape index (κ2) is 10.1. The molecule has 170 valence electrons. The van der Waals surface area contributed by atoms with Gasteiger partial charge in [-0.25, -0.2) is 0 Å². The van der Waals surface area contributed by atoms with E-state index >= 15 is 0 Å². The fourth-order valence-corrected chi connectivity index (χ4v) is 4.20. The van der Waals surface area contributed by atoms with Gasteiger partial charge in [0.2, 0.25) is 0 Å². The highest BCUT2D eigenvalue weighted by atomic mass is 16.5. The molecule has 0 amide bonds. The lowest BCUT2D eigenvalue weighted by Crippen LogP contribution is -2.22. The number of β-amino-alcohol motifs (C(OH)–C–C–N with tert-alkyl or cyclic N) is 1. The Labute approximate surface area is 189 Å². The number of ether oxygens (including phenoxy) is 3. The molecule has 1 N–H and O–H groups in total. The summed E-state index contributed by atoms with van der Waals surface area (Å²) in [4.78, 5) is 2.26. The number of benzene rings is 2. The Bertz CT molecular complexity index is 1050. The van der Waals surface area contributed by atoms with E-state index in [4.69, 9.17) is 14.2 Å². The number of aryl methyl sites for hydroxylation is 1. The van der Waals surface area contributed by atoms with Crippen molar-refractivity contribution in [3.63, 3.8) is 0 Å². The van der Waals surface area contributed by atoms with Crippen molar-refractivity contribution in [2.45, 2.75) is 32.5 Å². The second-order valence-corrected chi connectivity index (χ2v) is 8.09. The van der Waals surface area contributed by atoms with Crippen molar-refractivity contribution < 1.29 is 19.3 Å². The summed E-state index contributed by atoms with van der Waals surface area (Å²) in [6, 6.07) is 14.1. The number of hydrogen-bond donors (Lipinski definition) is 1. The number of likely N-dealkylation sites (tertiary alicyclic amines) is 1. The minimum absolute atomic E-state index is 0.260. The summed E-state index contributed by atoms with van der Waals surface area (Å²) in [7, 11) is 3.30. The Morgan fingerprint density at radius 3 is 2.66 bits per heavy atom. The van der Waals surface area contributed by atoms with Gasteiger partial charge < -0.3 is 19.3 Å². The molecule has 1 aliphatic heterocycles. The minimum Gasteiger partial charge on any atom is -0.493 e. The SMILES string of the molecule is COc1cccc(-c2ccc(OCCn3nccc3C)c(CN3CC[C@H](O)C3)c2)c1OC. The molecule has 3 aromatic rings. The number of rotatable bonds is 9. The molecule has 0 saturated carbocycles. The average molecular weight is 438 g/mol. The molecule has 1 atom stereocenters. The van der Waals surface area contributed by atoms with E-state index in [0.717, 1.165) is 41.1 Å². The first-order chi connectivity index (χ1) is 15.6. The quantitative estimate of drug-likeness (QED) is 0.552. The lowest BCUT2D eigenvalue weighted by molar-refractivity contribution is 0.174. The molecule has 0 radical (unpaired) electrons. The molecule has 0 aliphatic carbocycles. The van der Waals surface area contributed by atoms with Crippen LogP contribution in [0.3, 0.4) is 0 Å². The van der Waals surface area contributed by atoms with Crippen molar-refractivity contribution in [3.05, 3.63) is 59.9 Å². The standard InChI is InChI=1S/C25H31N3O4/c1-18-9-11-26-28(18)13-14-32-23-8-7-19(15-20(23)16-27-12-10-21(29)17-27)22-5-4-6-24(30-2)25(22)31-3/h4-9,11,15,21,29H,10,12-14,16-17H2,1-3H3/t21-/m0/s1. The molecule has 0 unspecified atom stereocenters. The highest BCUT2D eigenvalue weighted by molar-refractivity contribution is 5.75. The molecule has 7 heteroatoms. The summed E-state index contributed by atoms with van der Waals surface area (Å²) < 4.78 is 19.2. The van der Waals surface area contributed by atoms with Crippen LogP contribution in [-0.4, -0.2) is 59.8 Å². The van der Waals surface area contributed by atoms with E-state index < -0.39 is 0 Å². The van der Waals surface area contributed by atoms with Crippen LogP contribution in [0.25, 0.3) is 11.1 Å². The fraction of sp³-hybridized carbons (Fsp3) is 0.400. The molecule has 32 heavy (non-hydrogen) atoms. The van der Waals surface area contributed by atoms with Gasteiger partial charge in [-0.15, -0.1) is 0 Å². The average Bonchev–Trinajstić information content (AvgIpc) is 3.41. The molecular formula is C25H31N3O4. The predicted molar refractivity (Wildman–Crippen MR) is 123 cm³/mol. The van der Waals surface area contributed by atoms with Gasteiger partial charge in [0.15, 0.2) is 11.5 Å². The van der Waals surface area contributed by atoms with E-state index in [2.05, 4.69) is 16.1 Å². The van der Waals surface area contributed by atoms with Crippen LogP contribution in [0.15, 0.2) is 48.7 Å². The number of hydrogen-bond acceptors (Lipinski definition) is 6. The summed E-state index contributed by atoms with van der Waals surface area (Å²) in [5.74, 6) is 2.26. The van der Waals surface area contributed by atoms with Gasteiger partial charge in [-0.3, -0.25) is 9.58 Å². The first kappa shape index (κ1) is 22.2. The smallest absolute Gasteiger partial charge is 0.168 e.